The van der Waals surface area contributed by atoms with Crippen LogP contribution < -0.4 is 9.64 Å². The van der Waals surface area contributed by atoms with Gasteiger partial charge in [0.1, 0.15) is 0 Å². The molecule has 1 aliphatic carbocycles. The van der Waals surface area contributed by atoms with E-state index in [4.69, 9.17) is 14.2 Å². The standard InChI is InChI=1S/C20H19NO3/c1-3-9-18-16(7-1)21(17-8-2-4-10-19(17)24-18)15-6-5-11-20(14-15)22-12-13-23-20/h1-10,15H,11-14H2/t15-/m1/s1. The van der Waals surface area contributed by atoms with Crippen LogP contribution in [0.1, 0.15) is 12.8 Å². The van der Waals surface area contributed by atoms with Gasteiger partial charge in [-0.15, -0.1) is 0 Å². The maximum atomic E-state index is 6.09. The Bertz CT molecular complexity index is 749. The first-order valence-corrected chi connectivity index (χ1v) is 8.44. The molecule has 0 aromatic heterocycles. The molecule has 2 aromatic carbocycles. The first kappa shape index (κ1) is 14.1. The summed E-state index contributed by atoms with van der Waals surface area (Å²) in [5, 5.41) is 0. The molecule has 2 heterocycles. The van der Waals surface area contributed by atoms with E-state index in [1.54, 1.807) is 0 Å². The fourth-order valence-electron chi connectivity index (χ4n) is 3.88. The number of fused-ring (bicyclic) bond motifs is 2. The molecule has 1 spiro atoms. The summed E-state index contributed by atoms with van der Waals surface area (Å²) in [5.41, 5.74) is 2.17. The molecule has 0 bridgehead atoms. The molecule has 2 aromatic rings. The van der Waals surface area contributed by atoms with E-state index in [1.165, 1.54) is 0 Å². The number of hydrogen-bond donors (Lipinski definition) is 0. The van der Waals surface area contributed by atoms with Crippen LogP contribution in [0.5, 0.6) is 11.5 Å². The van der Waals surface area contributed by atoms with Crippen LogP contribution in [-0.4, -0.2) is 25.0 Å². The van der Waals surface area contributed by atoms with Gasteiger partial charge in [0.05, 0.1) is 30.6 Å². The van der Waals surface area contributed by atoms with Gasteiger partial charge in [-0.1, -0.05) is 36.4 Å². The van der Waals surface area contributed by atoms with E-state index in [1.807, 2.05) is 36.4 Å². The van der Waals surface area contributed by atoms with Crippen LogP contribution in [0.15, 0.2) is 60.7 Å². The Kier molecular flexibility index (Phi) is 3.15. The highest BCUT2D eigenvalue weighted by atomic mass is 16.7. The largest absolute Gasteiger partial charge is 0.453 e. The molecule has 0 saturated carbocycles. The monoisotopic (exact) mass is 321 g/mol. The fourth-order valence-corrected chi connectivity index (χ4v) is 3.88. The summed E-state index contributed by atoms with van der Waals surface area (Å²) in [5.74, 6) is 1.30. The molecule has 2 aliphatic heterocycles. The third-order valence-electron chi connectivity index (χ3n) is 4.92. The third-order valence-corrected chi connectivity index (χ3v) is 4.92. The molecule has 4 nitrogen and oxygen atoms in total. The molecule has 1 fully saturated rings. The van der Waals surface area contributed by atoms with Crippen molar-refractivity contribution in [3.8, 4) is 11.5 Å². The van der Waals surface area contributed by atoms with E-state index in [0.29, 0.717) is 13.2 Å². The average Bonchev–Trinajstić information content (AvgIpc) is 3.07. The molecule has 0 amide bonds. The second-order valence-electron chi connectivity index (χ2n) is 6.42. The summed E-state index contributed by atoms with van der Waals surface area (Å²) in [4.78, 5) is 2.34. The van der Waals surface area contributed by atoms with Crippen LogP contribution in [0.2, 0.25) is 0 Å². The Labute approximate surface area is 141 Å². The zero-order valence-electron chi connectivity index (χ0n) is 13.4. The molecular formula is C20H19NO3. The van der Waals surface area contributed by atoms with Gasteiger partial charge in [0.2, 0.25) is 0 Å². The summed E-state index contributed by atoms with van der Waals surface area (Å²) < 4.78 is 18.0. The molecular weight excluding hydrogens is 302 g/mol. The van der Waals surface area contributed by atoms with Gasteiger partial charge in [-0.25, -0.2) is 0 Å². The van der Waals surface area contributed by atoms with Crippen molar-refractivity contribution in [1.29, 1.82) is 0 Å². The lowest BCUT2D eigenvalue weighted by atomic mass is 9.93. The number of anilines is 2. The fraction of sp³-hybridized carbons (Fsp3) is 0.300. The summed E-state index contributed by atoms with van der Waals surface area (Å²) in [6.07, 6.45) is 6.07. The molecule has 4 heteroatoms. The van der Waals surface area contributed by atoms with Crippen molar-refractivity contribution in [2.75, 3.05) is 18.1 Å². The van der Waals surface area contributed by atoms with Crippen molar-refractivity contribution in [3.05, 3.63) is 60.7 Å². The van der Waals surface area contributed by atoms with E-state index in [0.717, 1.165) is 35.7 Å². The van der Waals surface area contributed by atoms with Gasteiger partial charge in [-0.3, -0.25) is 0 Å². The number of hydrogen-bond acceptors (Lipinski definition) is 4. The lowest BCUT2D eigenvalue weighted by molar-refractivity contribution is -0.162. The minimum atomic E-state index is -0.471. The number of benzene rings is 2. The van der Waals surface area contributed by atoms with Crippen molar-refractivity contribution in [2.24, 2.45) is 0 Å². The smallest absolute Gasteiger partial charge is 0.174 e. The highest BCUT2D eigenvalue weighted by Gasteiger charge is 2.42. The molecule has 24 heavy (non-hydrogen) atoms. The molecule has 0 radical (unpaired) electrons. The number of rotatable bonds is 1. The molecule has 0 N–H and O–H groups in total. The molecule has 1 saturated heterocycles. The second-order valence-corrected chi connectivity index (χ2v) is 6.42. The second kappa shape index (κ2) is 5.36. The lowest BCUT2D eigenvalue weighted by Gasteiger charge is -2.42. The van der Waals surface area contributed by atoms with Crippen molar-refractivity contribution < 1.29 is 14.2 Å². The minimum absolute atomic E-state index is 0.169. The van der Waals surface area contributed by atoms with Gasteiger partial charge in [-0.2, -0.15) is 0 Å². The molecule has 0 unspecified atom stereocenters. The Morgan fingerprint density at radius 1 is 0.875 bits per heavy atom. The van der Waals surface area contributed by atoms with Gasteiger partial charge in [0.25, 0.3) is 0 Å². The van der Waals surface area contributed by atoms with Crippen LogP contribution in [-0.2, 0) is 9.47 Å². The summed E-state index contributed by atoms with van der Waals surface area (Å²) in [7, 11) is 0. The predicted molar refractivity (Wildman–Crippen MR) is 91.9 cm³/mol. The topological polar surface area (TPSA) is 30.9 Å². The summed E-state index contributed by atoms with van der Waals surface area (Å²) in [6.45, 7) is 1.35. The van der Waals surface area contributed by atoms with Crippen molar-refractivity contribution in [1.82, 2.24) is 0 Å². The maximum Gasteiger partial charge on any atom is 0.174 e. The first-order chi connectivity index (χ1) is 11.8. The molecule has 3 aliphatic rings. The van der Waals surface area contributed by atoms with Crippen LogP contribution in [0.25, 0.3) is 0 Å². The zero-order valence-corrected chi connectivity index (χ0v) is 13.4. The van der Waals surface area contributed by atoms with Crippen LogP contribution in [0, 0.1) is 0 Å². The minimum Gasteiger partial charge on any atom is -0.453 e. The zero-order chi connectivity index (χ0) is 16.0. The van der Waals surface area contributed by atoms with E-state index in [9.17, 15) is 0 Å². The van der Waals surface area contributed by atoms with Crippen molar-refractivity contribution >= 4 is 11.4 Å². The Morgan fingerprint density at radius 3 is 2.17 bits per heavy atom. The Balaban J connectivity index is 1.60. The molecule has 1 atom stereocenters. The van der Waals surface area contributed by atoms with Crippen molar-refractivity contribution in [3.63, 3.8) is 0 Å². The highest BCUT2D eigenvalue weighted by molar-refractivity contribution is 5.78. The normalized spacial score (nSPS) is 23.7. The summed E-state index contributed by atoms with van der Waals surface area (Å²) >= 11 is 0. The van der Waals surface area contributed by atoms with Gasteiger partial charge in [0.15, 0.2) is 17.3 Å². The van der Waals surface area contributed by atoms with Crippen LogP contribution >= 0.6 is 0 Å². The summed E-state index contributed by atoms with van der Waals surface area (Å²) in [6, 6.07) is 16.5. The van der Waals surface area contributed by atoms with Crippen LogP contribution in [0.3, 0.4) is 0 Å². The first-order valence-electron chi connectivity index (χ1n) is 8.44. The number of para-hydroxylation sites is 4. The van der Waals surface area contributed by atoms with E-state index in [-0.39, 0.29) is 6.04 Å². The van der Waals surface area contributed by atoms with Gasteiger partial charge < -0.3 is 19.1 Å². The quantitative estimate of drug-likeness (QED) is 0.729. The maximum absolute atomic E-state index is 6.09. The Morgan fingerprint density at radius 2 is 1.50 bits per heavy atom. The van der Waals surface area contributed by atoms with Crippen LogP contribution in [0.4, 0.5) is 11.4 Å². The van der Waals surface area contributed by atoms with Gasteiger partial charge in [-0.05, 0) is 24.3 Å². The van der Waals surface area contributed by atoms with E-state index >= 15 is 0 Å². The lowest BCUT2D eigenvalue weighted by Crippen LogP contribution is -2.43. The predicted octanol–water partition coefficient (Wildman–Crippen LogP) is 4.39. The van der Waals surface area contributed by atoms with Crippen molar-refractivity contribution in [2.45, 2.75) is 24.7 Å². The van der Waals surface area contributed by atoms with Gasteiger partial charge in [0, 0.05) is 12.8 Å². The average molecular weight is 321 g/mol. The van der Waals surface area contributed by atoms with E-state index in [2.05, 4.69) is 29.2 Å². The SMILES string of the molecule is C1=C[C@@H](N2c3ccccc3Oc3ccccc32)CC2(C1)OCCO2. The number of nitrogens with zero attached hydrogens (tertiary/aromatic N) is 1. The molecule has 122 valence electrons. The van der Waals surface area contributed by atoms with E-state index < -0.39 is 5.79 Å². The third kappa shape index (κ3) is 2.14. The Hall–Kier alpha value is -2.30. The highest BCUT2D eigenvalue weighted by Crippen LogP contribution is 2.49. The number of ether oxygens (including phenoxy) is 3. The molecule has 5 rings (SSSR count). The van der Waals surface area contributed by atoms with Gasteiger partial charge >= 0.3 is 0 Å².